The molecule has 1 atom stereocenters. The Balaban J connectivity index is 0.00000169. The number of halogens is 1. The van der Waals surface area contributed by atoms with E-state index >= 15 is 0 Å². The number of benzene rings is 1. The van der Waals surface area contributed by atoms with Crippen LogP contribution in [0.4, 0.5) is 0 Å². The van der Waals surface area contributed by atoms with Gasteiger partial charge < -0.3 is 14.6 Å². The van der Waals surface area contributed by atoms with E-state index in [4.69, 9.17) is 16.3 Å². The Morgan fingerprint density at radius 1 is 1.50 bits per heavy atom. The van der Waals surface area contributed by atoms with Gasteiger partial charge in [0.05, 0.1) is 5.97 Å². The van der Waals surface area contributed by atoms with E-state index in [-0.39, 0.29) is 51.4 Å². The summed E-state index contributed by atoms with van der Waals surface area (Å²) < 4.78 is 4.91. The van der Waals surface area contributed by atoms with Crippen LogP contribution in [-0.2, 0) is 4.79 Å². The second-order valence-electron chi connectivity index (χ2n) is 2.52. The molecule has 1 aromatic carbocycles. The largest absolute Gasteiger partial charge is 1.00 e. The van der Waals surface area contributed by atoms with Gasteiger partial charge in [0, 0.05) is 0 Å². The first-order valence-corrected chi connectivity index (χ1v) is 4.12. The van der Waals surface area contributed by atoms with Crippen LogP contribution in [0.15, 0.2) is 24.3 Å². The van der Waals surface area contributed by atoms with Crippen molar-refractivity contribution in [1.82, 2.24) is 0 Å². The van der Waals surface area contributed by atoms with Gasteiger partial charge in [0.2, 0.25) is 5.56 Å². The summed E-state index contributed by atoms with van der Waals surface area (Å²) in [6, 6.07) is 7.01. The summed E-state index contributed by atoms with van der Waals surface area (Å²) in [5.41, 5.74) is -0.615. The van der Waals surface area contributed by atoms with E-state index in [0.717, 1.165) is 5.56 Å². The Morgan fingerprint density at radius 2 is 2.07 bits per heavy atom. The monoisotopic (exact) mass is 238 g/mol. The summed E-state index contributed by atoms with van der Waals surface area (Å²) in [6.45, 7) is 1.80. The van der Waals surface area contributed by atoms with E-state index < -0.39 is 11.5 Å². The van der Waals surface area contributed by atoms with Crippen LogP contribution in [0.5, 0.6) is 5.75 Å². The van der Waals surface area contributed by atoms with E-state index in [2.05, 4.69) is 0 Å². The molecule has 0 fully saturated rings. The smallest absolute Gasteiger partial charge is 0.545 e. The molecule has 1 rings (SSSR count). The summed E-state index contributed by atoms with van der Waals surface area (Å²) >= 11 is 5.34. The van der Waals surface area contributed by atoms with Crippen LogP contribution in [0.2, 0.25) is 0 Å². The number of rotatable bonds is 3. The molecule has 0 N–H and O–H groups in total. The Labute approximate surface area is 130 Å². The molecule has 0 saturated carbocycles. The average molecular weight is 239 g/mol. The fourth-order valence-electron chi connectivity index (χ4n) is 0.848. The molecule has 0 heterocycles. The maximum Gasteiger partial charge on any atom is 1.00 e. The Kier molecular flexibility index (Phi) is 7.02. The van der Waals surface area contributed by atoms with Crippen LogP contribution in [-0.4, -0.2) is 11.5 Å². The number of para-hydroxylation sites is 1. The molecule has 0 aliphatic heterocycles. The van der Waals surface area contributed by atoms with E-state index in [9.17, 15) is 9.90 Å². The molecule has 70 valence electrons. The van der Waals surface area contributed by atoms with Crippen LogP contribution in [0.1, 0.15) is 5.56 Å². The minimum atomic E-state index is -1.44. The van der Waals surface area contributed by atoms with Crippen LogP contribution in [0.3, 0.4) is 0 Å². The summed E-state index contributed by atoms with van der Waals surface area (Å²) in [5.74, 6) is -0.989. The van der Waals surface area contributed by atoms with Crippen molar-refractivity contribution in [1.29, 1.82) is 0 Å². The van der Waals surface area contributed by atoms with Gasteiger partial charge in [0.15, 0.2) is 0 Å². The third-order valence-corrected chi connectivity index (χ3v) is 1.78. The first-order valence-electron chi connectivity index (χ1n) is 3.68. The molecule has 14 heavy (non-hydrogen) atoms. The number of aryl methyl sites for hydroxylation is 1. The van der Waals surface area contributed by atoms with Crippen molar-refractivity contribution in [2.24, 2.45) is 0 Å². The van der Waals surface area contributed by atoms with Crippen molar-refractivity contribution in [3.05, 3.63) is 29.8 Å². The van der Waals surface area contributed by atoms with Crippen molar-refractivity contribution in [2.75, 3.05) is 0 Å². The number of carboxylic acid groups (broad SMARTS) is 1. The molecule has 0 saturated heterocycles. The number of carbonyl (C=O) groups is 1. The maximum atomic E-state index is 10.2. The predicted octanol–water partition coefficient (Wildman–Crippen LogP) is -2.31. The summed E-state index contributed by atoms with van der Waals surface area (Å²) in [4.78, 5) is 10.2. The number of carbonyl (C=O) groups excluding carboxylic acids is 1. The van der Waals surface area contributed by atoms with E-state index in [1.54, 1.807) is 25.1 Å². The quantitative estimate of drug-likeness (QED) is 0.439. The second-order valence-corrected chi connectivity index (χ2v) is 2.91. The van der Waals surface area contributed by atoms with Crippen molar-refractivity contribution in [3.63, 3.8) is 0 Å². The van der Waals surface area contributed by atoms with Crippen LogP contribution >= 0.6 is 11.6 Å². The number of aliphatic carboxylic acids is 1. The van der Waals surface area contributed by atoms with Crippen molar-refractivity contribution in [3.8, 4) is 5.75 Å². The van der Waals surface area contributed by atoms with Gasteiger partial charge in [-0.15, -0.1) is 0 Å². The number of ether oxygens (including phenoxy) is 1. The first kappa shape index (κ1) is 14.4. The molecular weight excluding hydrogens is 231 g/mol. The van der Waals surface area contributed by atoms with Crippen molar-refractivity contribution in [2.45, 2.75) is 12.5 Å². The normalized spacial score (nSPS) is 11.3. The molecule has 1 unspecified atom stereocenters. The van der Waals surface area contributed by atoms with Gasteiger partial charge in [-0.25, -0.2) is 0 Å². The van der Waals surface area contributed by atoms with Gasteiger partial charge in [-0.05, 0) is 18.6 Å². The number of alkyl halides is 1. The van der Waals surface area contributed by atoms with E-state index in [1.807, 2.05) is 6.07 Å². The van der Waals surface area contributed by atoms with Crippen LogP contribution in [0.25, 0.3) is 0 Å². The molecule has 3 nitrogen and oxygen atoms in total. The van der Waals surface area contributed by atoms with Gasteiger partial charge in [-0.1, -0.05) is 29.8 Å². The number of carboxylic acids is 1. The Bertz CT molecular complexity index is 317. The standard InChI is InChI=1S/C9H9ClO3.K/c1-6-4-2-3-5-7(6)13-8(10)9(11)12;/h2-5,8H,1H3,(H,11,12);/q;+1/p-1. The van der Waals surface area contributed by atoms with Crippen molar-refractivity contribution < 1.29 is 66.0 Å². The SMILES string of the molecule is Cc1ccccc1OC(Cl)C(=O)[O-].[K+]. The molecule has 0 aromatic heterocycles. The summed E-state index contributed by atoms with van der Waals surface area (Å²) in [7, 11) is 0. The average Bonchev–Trinajstić information content (AvgIpc) is 2.08. The minimum Gasteiger partial charge on any atom is -0.545 e. The molecule has 0 spiro atoms. The first-order chi connectivity index (χ1) is 6.11. The van der Waals surface area contributed by atoms with Gasteiger partial charge in [0.25, 0.3) is 0 Å². The molecule has 0 aliphatic carbocycles. The zero-order valence-corrected chi connectivity index (χ0v) is 11.9. The van der Waals surface area contributed by atoms with Crippen LogP contribution < -0.4 is 61.2 Å². The predicted molar refractivity (Wildman–Crippen MR) is 46.5 cm³/mol. The molecular formula is C9H8ClKO3. The molecule has 0 radical (unpaired) electrons. The molecule has 0 aliphatic rings. The van der Waals surface area contributed by atoms with E-state index in [1.165, 1.54) is 0 Å². The van der Waals surface area contributed by atoms with Gasteiger partial charge in [0.1, 0.15) is 5.75 Å². The fraction of sp³-hybridized carbons (Fsp3) is 0.222. The van der Waals surface area contributed by atoms with Crippen LogP contribution in [0, 0.1) is 6.92 Å². The number of hydrogen-bond acceptors (Lipinski definition) is 3. The van der Waals surface area contributed by atoms with Crippen molar-refractivity contribution >= 4 is 17.6 Å². The Hall–Kier alpha value is 0.416. The zero-order valence-electron chi connectivity index (χ0n) is 7.99. The molecule has 0 amide bonds. The molecule has 5 heteroatoms. The fourth-order valence-corrected chi connectivity index (χ4v) is 0.944. The zero-order chi connectivity index (χ0) is 9.84. The van der Waals surface area contributed by atoms with Gasteiger partial charge >= 0.3 is 51.4 Å². The minimum absolute atomic E-state index is 0. The molecule has 1 aromatic rings. The topological polar surface area (TPSA) is 49.4 Å². The summed E-state index contributed by atoms with van der Waals surface area (Å²) in [5, 5.41) is 10.2. The third-order valence-electron chi connectivity index (χ3n) is 1.51. The van der Waals surface area contributed by atoms with Gasteiger partial charge in [-0.3, -0.25) is 0 Å². The third kappa shape index (κ3) is 4.29. The number of hydrogen-bond donors (Lipinski definition) is 0. The van der Waals surface area contributed by atoms with E-state index in [0.29, 0.717) is 5.75 Å². The van der Waals surface area contributed by atoms with Gasteiger partial charge in [-0.2, -0.15) is 0 Å². The second kappa shape index (κ2) is 6.82. The molecule has 0 bridgehead atoms. The Morgan fingerprint density at radius 3 is 2.57 bits per heavy atom. The maximum absolute atomic E-state index is 10.2. The summed E-state index contributed by atoms with van der Waals surface area (Å²) in [6.07, 6.45) is 0.